The van der Waals surface area contributed by atoms with Crippen LogP contribution in [-0.4, -0.2) is 11.4 Å². The molecule has 16 heavy (non-hydrogen) atoms. The molecule has 0 N–H and O–H groups in total. The maximum absolute atomic E-state index is 6.21. The zero-order valence-corrected chi connectivity index (χ0v) is 12.6. The first-order valence-corrected chi connectivity index (χ1v) is 7.56. The van der Waals surface area contributed by atoms with E-state index in [1.807, 2.05) is 6.07 Å². The highest BCUT2D eigenvalue weighted by molar-refractivity contribution is 9.10. The summed E-state index contributed by atoms with van der Waals surface area (Å²) in [6, 6.07) is 8.29. The van der Waals surface area contributed by atoms with Gasteiger partial charge in [-0.15, -0.1) is 0 Å². The third kappa shape index (κ3) is 2.52. The summed E-state index contributed by atoms with van der Waals surface area (Å²) < 4.78 is 7.33. The van der Waals surface area contributed by atoms with Gasteiger partial charge in [0.05, 0.1) is 6.10 Å². The Labute approximate surface area is 114 Å². The van der Waals surface area contributed by atoms with E-state index in [2.05, 4.69) is 57.0 Å². The van der Waals surface area contributed by atoms with Crippen molar-refractivity contribution < 1.29 is 4.74 Å². The molecule has 1 aromatic carbocycles. The molecule has 88 valence electrons. The highest BCUT2D eigenvalue weighted by atomic mass is 79.9. The lowest BCUT2D eigenvalue weighted by atomic mass is 9.92. The standard InChI is InChI=1S/C13H16Br2O/c1-13(9-14,16-10-5-4-6-10)11-7-2-3-8-12(11)15/h2-3,7-8,10H,4-6,9H2,1H3. The highest BCUT2D eigenvalue weighted by Crippen LogP contribution is 2.37. The second kappa shape index (κ2) is 5.19. The van der Waals surface area contributed by atoms with Gasteiger partial charge in [-0.2, -0.15) is 0 Å². The van der Waals surface area contributed by atoms with Gasteiger partial charge in [-0.05, 0) is 37.8 Å². The van der Waals surface area contributed by atoms with Crippen LogP contribution in [0, 0.1) is 0 Å². The Morgan fingerprint density at radius 2 is 2.06 bits per heavy atom. The summed E-state index contributed by atoms with van der Waals surface area (Å²) >= 11 is 7.18. The van der Waals surface area contributed by atoms with E-state index in [9.17, 15) is 0 Å². The molecule has 0 bridgehead atoms. The number of ether oxygens (including phenoxy) is 1. The molecule has 0 heterocycles. The molecule has 1 aromatic rings. The van der Waals surface area contributed by atoms with Gasteiger partial charge in [-0.1, -0.05) is 50.1 Å². The summed E-state index contributed by atoms with van der Waals surface area (Å²) in [7, 11) is 0. The van der Waals surface area contributed by atoms with E-state index < -0.39 is 0 Å². The van der Waals surface area contributed by atoms with E-state index in [-0.39, 0.29) is 5.60 Å². The van der Waals surface area contributed by atoms with Crippen LogP contribution in [0.1, 0.15) is 31.7 Å². The quantitative estimate of drug-likeness (QED) is 0.721. The van der Waals surface area contributed by atoms with Crippen molar-refractivity contribution in [1.29, 1.82) is 0 Å². The van der Waals surface area contributed by atoms with Crippen LogP contribution in [0.3, 0.4) is 0 Å². The van der Waals surface area contributed by atoms with Crippen molar-refractivity contribution >= 4 is 31.9 Å². The molecule has 0 aliphatic heterocycles. The van der Waals surface area contributed by atoms with E-state index in [0.29, 0.717) is 6.10 Å². The number of rotatable bonds is 4. The van der Waals surface area contributed by atoms with Crippen molar-refractivity contribution in [2.75, 3.05) is 5.33 Å². The van der Waals surface area contributed by atoms with E-state index in [4.69, 9.17) is 4.74 Å². The second-order valence-electron chi connectivity index (χ2n) is 4.52. The van der Waals surface area contributed by atoms with Crippen molar-refractivity contribution in [2.45, 2.75) is 37.9 Å². The zero-order valence-electron chi connectivity index (χ0n) is 9.38. The van der Waals surface area contributed by atoms with Crippen molar-refractivity contribution in [2.24, 2.45) is 0 Å². The Balaban J connectivity index is 2.22. The first-order valence-electron chi connectivity index (χ1n) is 5.64. The summed E-state index contributed by atoms with van der Waals surface area (Å²) in [5, 5.41) is 0.819. The molecule has 1 fully saturated rings. The Hall–Kier alpha value is 0.140. The van der Waals surface area contributed by atoms with E-state index in [0.717, 1.165) is 9.80 Å². The fraction of sp³-hybridized carbons (Fsp3) is 0.538. The molecule has 1 aliphatic carbocycles. The third-order valence-corrected chi connectivity index (χ3v) is 4.94. The molecule has 0 saturated heterocycles. The predicted octanol–water partition coefficient (Wildman–Crippen LogP) is 4.63. The smallest absolute Gasteiger partial charge is 0.101 e. The highest BCUT2D eigenvalue weighted by Gasteiger charge is 2.33. The van der Waals surface area contributed by atoms with Crippen LogP contribution < -0.4 is 0 Å². The molecule has 0 spiro atoms. The lowest BCUT2D eigenvalue weighted by molar-refractivity contribution is -0.103. The maximum atomic E-state index is 6.21. The minimum absolute atomic E-state index is 0.231. The minimum atomic E-state index is -0.231. The first kappa shape index (κ1) is 12.6. The Morgan fingerprint density at radius 3 is 2.56 bits per heavy atom. The van der Waals surface area contributed by atoms with Gasteiger partial charge in [0.25, 0.3) is 0 Å². The number of hydrogen-bond donors (Lipinski definition) is 0. The molecular formula is C13H16Br2O. The molecule has 0 aromatic heterocycles. The SMILES string of the molecule is CC(CBr)(OC1CCC1)c1ccccc1Br. The van der Waals surface area contributed by atoms with Crippen molar-refractivity contribution in [3.05, 3.63) is 34.3 Å². The van der Waals surface area contributed by atoms with Crippen molar-refractivity contribution in [3.8, 4) is 0 Å². The van der Waals surface area contributed by atoms with Crippen LogP contribution in [0.15, 0.2) is 28.7 Å². The monoisotopic (exact) mass is 346 g/mol. The minimum Gasteiger partial charge on any atom is -0.366 e. The first-order chi connectivity index (χ1) is 7.65. The van der Waals surface area contributed by atoms with Gasteiger partial charge in [0, 0.05) is 9.80 Å². The number of benzene rings is 1. The van der Waals surface area contributed by atoms with Gasteiger partial charge < -0.3 is 4.74 Å². The van der Waals surface area contributed by atoms with Crippen LogP contribution in [0.2, 0.25) is 0 Å². The molecule has 0 radical (unpaired) electrons. The van der Waals surface area contributed by atoms with Crippen LogP contribution >= 0.6 is 31.9 Å². The van der Waals surface area contributed by atoms with Gasteiger partial charge in [0.1, 0.15) is 5.60 Å². The Morgan fingerprint density at radius 1 is 1.38 bits per heavy atom. The summed E-state index contributed by atoms with van der Waals surface area (Å²) in [6.07, 6.45) is 4.15. The van der Waals surface area contributed by atoms with Gasteiger partial charge in [-0.3, -0.25) is 0 Å². The van der Waals surface area contributed by atoms with Gasteiger partial charge >= 0.3 is 0 Å². The maximum Gasteiger partial charge on any atom is 0.101 e. The lowest BCUT2D eigenvalue weighted by Gasteiger charge is -2.37. The summed E-state index contributed by atoms with van der Waals surface area (Å²) in [5.74, 6) is 0. The predicted molar refractivity (Wildman–Crippen MR) is 74.0 cm³/mol. The van der Waals surface area contributed by atoms with Crippen LogP contribution in [0.5, 0.6) is 0 Å². The Kier molecular flexibility index (Phi) is 4.09. The number of halogens is 2. The van der Waals surface area contributed by atoms with E-state index in [1.54, 1.807) is 0 Å². The van der Waals surface area contributed by atoms with Crippen molar-refractivity contribution in [3.63, 3.8) is 0 Å². The topological polar surface area (TPSA) is 9.23 Å². The normalized spacial score (nSPS) is 20.2. The van der Waals surface area contributed by atoms with Gasteiger partial charge in [0.15, 0.2) is 0 Å². The van der Waals surface area contributed by atoms with Crippen LogP contribution in [0.25, 0.3) is 0 Å². The van der Waals surface area contributed by atoms with E-state index >= 15 is 0 Å². The average molecular weight is 348 g/mol. The van der Waals surface area contributed by atoms with Gasteiger partial charge in [-0.25, -0.2) is 0 Å². The molecule has 0 amide bonds. The lowest BCUT2D eigenvalue weighted by Crippen LogP contribution is -2.36. The molecule has 2 rings (SSSR count). The fourth-order valence-electron chi connectivity index (χ4n) is 1.91. The zero-order chi connectivity index (χ0) is 11.6. The molecule has 1 saturated carbocycles. The van der Waals surface area contributed by atoms with Crippen LogP contribution in [0.4, 0.5) is 0 Å². The molecule has 3 heteroatoms. The van der Waals surface area contributed by atoms with Crippen LogP contribution in [-0.2, 0) is 10.3 Å². The van der Waals surface area contributed by atoms with Crippen molar-refractivity contribution in [1.82, 2.24) is 0 Å². The summed E-state index contributed by atoms with van der Waals surface area (Å²) in [6.45, 7) is 2.15. The molecule has 1 nitrogen and oxygen atoms in total. The summed E-state index contributed by atoms with van der Waals surface area (Å²) in [4.78, 5) is 0. The second-order valence-corrected chi connectivity index (χ2v) is 5.93. The molecular weight excluding hydrogens is 332 g/mol. The number of alkyl halides is 1. The van der Waals surface area contributed by atoms with E-state index in [1.165, 1.54) is 24.8 Å². The average Bonchev–Trinajstić information content (AvgIpc) is 2.24. The fourth-order valence-corrected chi connectivity index (χ4v) is 3.05. The molecule has 1 atom stereocenters. The largest absolute Gasteiger partial charge is 0.366 e. The Bertz CT molecular complexity index is 363. The molecule has 1 unspecified atom stereocenters. The summed E-state index contributed by atoms with van der Waals surface area (Å²) in [5.41, 5.74) is 0.990. The molecule has 1 aliphatic rings. The van der Waals surface area contributed by atoms with Gasteiger partial charge in [0.2, 0.25) is 0 Å². The third-order valence-electron chi connectivity index (χ3n) is 3.18. The number of hydrogen-bond acceptors (Lipinski definition) is 1.